The standard InChI is InChI=1S/C13H12F3N3O2S/c1-8-7-22-11(18-8)12(21,13(14,15)16)5-10(20)19-9-3-2-4-17-6-9/h2-4,6-7,21H,5H2,1H3,(H,19,20)/t12-/m1/s1. The summed E-state index contributed by atoms with van der Waals surface area (Å²) in [6, 6.07) is 3.00. The van der Waals surface area contributed by atoms with Crippen molar-refractivity contribution in [2.45, 2.75) is 25.1 Å². The fourth-order valence-corrected chi connectivity index (χ4v) is 2.63. The number of alkyl halides is 3. The number of rotatable bonds is 4. The van der Waals surface area contributed by atoms with Gasteiger partial charge in [0.05, 0.1) is 18.3 Å². The summed E-state index contributed by atoms with van der Waals surface area (Å²) in [5, 5.41) is 13.1. The molecule has 0 saturated carbocycles. The largest absolute Gasteiger partial charge is 0.424 e. The highest BCUT2D eigenvalue weighted by molar-refractivity contribution is 7.09. The maximum Gasteiger partial charge on any atom is 0.424 e. The van der Waals surface area contributed by atoms with Gasteiger partial charge in [-0.1, -0.05) is 0 Å². The van der Waals surface area contributed by atoms with Crippen molar-refractivity contribution in [3.63, 3.8) is 0 Å². The summed E-state index contributed by atoms with van der Waals surface area (Å²) >= 11 is 0.658. The van der Waals surface area contributed by atoms with Gasteiger partial charge in [-0.2, -0.15) is 13.2 Å². The van der Waals surface area contributed by atoms with Crippen LogP contribution in [0.3, 0.4) is 0 Å². The van der Waals surface area contributed by atoms with Gasteiger partial charge >= 0.3 is 6.18 Å². The Kier molecular flexibility index (Phi) is 4.47. The third-order valence-corrected chi connectivity index (χ3v) is 3.91. The minimum atomic E-state index is -5.02. The number of amides is 1. The topological polar surface area (TPSA) is 75.1 Å². The van der Waals surface area contributed by atoms with Crippen LogP contribution in [0.5, 0.6) is 0 Å². The lowest BCUT2D eigenvalue weighted by Gasteiger charge is -2.27. The summed E-state index contributed by atoms with van der Waals surface area (Å²) in [5.41, 5.74) is -2.74. The monoisotopic (exact) mass is 331 g/mol. The molecule has 0 unspecified atom stereocenters. The van der Waals surface area contributed by atoms with Crippen LogP contribution in [-0.4, -0.2) is 27.2 Å². The zero-order valence-corrected chi connectivity index (χ0v) is 12.2. The molecule has 0 radical (unpaired) electrons. The first-order valence-electron chi connectivity index (χ1n) is 6.14. The van der Waals surface area contributed by atoms with Crippen LogP contribution in [0.25, 0.3) is 0 Å². The second-order valence-corrected chi connectivity index (χ2v) is 5.48. The van der Waals surface area contributed by atoms with Gasteiger partial charge in [0.25, 0.3) is 0 Å². The molecular weight excluding hydrogens is 319 g/mol. The summed E-state index contributed by atoms with van der Waals surface area (Å²) in [5.74, 6) is -0.985. The molecule has 118 valence electrons. The first-order valence-corrected chi connectivity index (χ1v) is 7.02. The number of pyridine rings is 1. The Morgan fingerprint density at radius 1 is 1.45 bits per heavy atom. The molecule has 0 aliphatic rings. The minimum Gasteiger partial charge on any atom is -0.374 e. The lowest BCUT2D eigenvalue weighted by molar-refractivity contribution is -0.266. The number of thiazole rings is 1. The molecule has 0 bridgehead atoms. The summed E-state index contributed by atoms with van der Waals surface area (Å²) in [7, 11) is 0. The van der Waals surface area contributed by atoms with E-state index < -0.39 is 29.1 Å². The molecule has 2 aromatic heterocycles. The zero-order valence-electron chi connectivity index (χ0n) is 11.4. The van der Waals surface area contributed by atoms with Crippen molar-refractivity contribution in [3.05, 3.63) is 40.6 Å². The third-order valence-electron chi connectivity index (χ3n) is 2.80. The Balaban J connectivity index is 2.22. The van der Waals surface area contributed by atoms with Crippen molar-refractivity contribution in [2.75, 3.05) is 5.32 Å². The number of aryl methyl sites for hydroxylation is 1. The van der Waals surface area contributed by atoms with Crippen molar-refractivity contribution in [2.24, 2.45) is 0 Å². The summed E-state index contributed by atoms with van der Waals surface area (Å²) in [6.07, 6.45) is -3.46. The van der Waals surface area contributed by atoms with Crippen molar-refractivity contribution in [1.82, 2.24) is 9.97 Å². The number of anilines is 1. The first kappa shape index (κ1) is 16.4. The molecule has 22 heavy (non-hydrogen) atoms. The number of aromatic nitrogens is 2. The molecule has 2 heterocycles. The average Bonchev–Trinajstić information content (AvgIpc) is 2.85. The number of carbonyl (C=O) groups excluding carboxylic acids is 1. The van der Waals surface area contributed by atoms with E-state index in [2.05, 4.69) is 15.3 Å². The maximum absolute atomic E-state index is 13.2. The normalized spacial score (nSPS) is 14.4. The molecule has 2 aromatic rings. The van der Waals surface area contributed by atoms with Crippen LogP contribution in [-0.2, 0) is 10.4 Å². The van der Waals surface area contributed by atoms with E-state index in [4.69, 9.17) is 0 Å². The molecule has 9 heteroatoms. The van der Waals surface area contributed by atoms with E-state index in [0.717, 1.165) is 0 Å². The van der Waals surface area contributed by atoms with Gasteiger partial charge in [-0.3, -0.25) is 9.78 Å². The van der Waals surface area contributed by atoms with Crippen LogP contribution in [0, 0.1) is 6.92 Å². The second kappa shape index (κ2) is 6.01. The van der Waals surface area contributed by atoms with E-state index in [1.165, 1.54) is 36.8 Å². The van der Waals surface area contributed by atoms with Crippen LogP contribution in [0.2, 0.25) is 0 Å². The van der Waals surface area contributed by atoms with E-state index in [1.807, 2.05) is 0 Å². The van der Waals surface area contributed by atoms with Gasteiger partial charge < -0.3 is 10.4 Å². The van der Waals surface area contributed by atoms with Gasteiger partial charge in [0.1, 0.15) is 5.01 Å². The lowest BCUT2D eigenvalue weighted by Crippen LogP contribution is -2.45. The Morgan fingerprint density at radius 3 is 2.68 bits per heavy atom. The number of nitrogens with one attached hydrogen (secondary N) is 1. The molecule has 5 nitrogen and oxygen atoms in total. The zero-order chi connectivity index (χ0) is 16.4. The van der Waals surface area contributed by atoms with Gasteiger partial charge in [-0.05, 0) is 19.1 Å². The molecule has 0 saturated heterocycles. The predicted molar refractivity (Wildman–Crippen MR) is 74.3 cm³/mol. The molecule has 0 fully saturated rings. The molecule has 2 N–H and O–H groups in total. The van der Waals surface area contributed by atoms with Crippen LogP contribution in [0.4, 0.5) is 18.9 Å². The molecule has 0 aliphatic carbocycles. The predicted octanol–water partition coefficient (Wildman–Crippen LogP) is 2.63. The van der Waals surface area contributed by atoms with Gasteiger partial charge in [-0.25, -0.2) is 4.98 Å². The minimum absolute atomic E-state index is 0.243. The van der Waals surface area contributed by atoms with Crippen LogP contribution >= 0.6 is 11.3 Å². The number of hydrogen-bond acceptors (Lipinski definition) is 5. The quantitative estimate of drug-likeness (QED) is 0.903. The Bertz CT molecular complexity index is 660. The number of carbonyl (C=O) groups is 1. The van der Waals surface area contributed by atoms with Gasteiger partial charge in [0.2, 0.25) is 11.5 Å². The first-order chi connectivity index (χ1) is 10.2. The van der Waals surface area contributed by atoms with Crippen molar-refractivity contribution >= 4 is 22.9 Å². The number of nitrogens with zero attached hydrogens (tertiary/aromatic N) is 2. The van der Waals surface area contributed by atoms with Gasteiger partial charge in [0.15, 0.2) is 0 Å². The SMILES string of the molecule is Cc1csc([C@](O)(CC(=O)Nc2cccnc2)C(F)(F)F)n1. The number of halogens is 3. The smallest absolute Gasteiger partial charge is 0.374 e. The van der Waals surface area contributed by atoms with Crippen LogP contribution in [0.1, 0.15) is 17.1 Å². The number of aliphatic hydroxyl groups is 1. The molecule has 0 aliphatic heterocycles. The second-order valence-electron chi connectivity index (χ2n) is 4.62. The van der Waals surface area contributed by atoms with Crippen molar-refractivity contribution in [1.29, 1.82) is 0 Å². The van der Waals surface area contributed by atoms with E-state index in [-0.39, 0.29) is 5.69 Å². The molecule has 1 atom stereocenters. The fraction of sp³-hybridized carbons (Fsp3) is 0.308. The number of hydrogen-bond donors (Lipinski definition) is 2. The molecule has 2 rings (SSSR count). The van der Waals surface area contributed by atoms with Crippen LogP contribution in [0.15, 0.2) is 29.9 Å². The maximum atomic E-state index is 13.2. The van der Waals surface area contributed by atoms with Gasteiger partial charge in [0, 0.05) is 17.3 Å². The molecule has 0 spiro atoms. The van der Waals surface area contributed by atoms with Crippen LogP contribution < -0.4 is 5.32 Å². The summed E-state index contributed by atoms with van der Waals surface area (Å²) in [4.78, 5) is 19.2. The highest BCUT2D eigenvalue weighted by atomic mass is 32.1. The van der Waals surface area contributed by atoms with E-state index in [0.29, 0.717) is 17.0 Å². The Morgan fingerprint density at radius 2 is 2.18 bits per heavy atom. The van der Waals surface area contributed by atoms with E-state index >= 15 is 0 Å². The summed E-state index contributed by atoms with van der Waals surface area (Å²) < 4.78 is 39.7. The third kappa shape index (κ3) is 3.42. The molecular formula is C13H12F3N3O2S. The van der Waals surface area contributed by atoms with E-state index in [1.54, 1.807) is 0 Å². The fourth-order valence-electron chi connectivity index (χ4n) is 1.72. The molecule has 0 aromatic carbocycles. The summed E-state index contributed by atoms with van der Waals surface area (Å²) in [6.45, 7) is 1.51. The van der Waals surface area contributed by atoms with Crippen molar-refractivity contribution < 1.29 is 23.1 Å². The average molecular weight is 331 g/mol. The van der Waals surface area contributed by atoms with Gasteiger partial charge in [-0.15, -0.1) is 11.3 Å². The lowest BCUT2D eigenvalue weighted by atomic mass is 9.99. The van der Waals surface area contributed by atoms with Crippen molar-refractivity contribution in [3.8, 4) is 0 Å². The Labute approximate surface area is 127 Å². The highest BCUT2D eigenvalue weighted by Gasteiger charge is 2.58. The van der Waals surface area contributed by atoms with E-state index in [9.17, 15) is 23.1 Å². The molecule has 1 amide bonds. The highest BCUT2D eigenvalue weighted by Crippen LogP contribution is 2.42. The Hall–Kier alpha value is -2.00.